The van der Waals surface area contributed by atoms with Crippen LogP contribution in [0.3, 0.4) is 0 Å². The van der Waals surface area contributed by atoms with Gasteiger partial charge in [0.1, 0.15) is 0 Å². The maximum absolute atomic E-state index is 12.6. The van der Waals surface area contributed by atoms with E-state index in [9.17, 15) is 18.0 Å². The monoisotopic (exact) mass is 332 g/mol. The lowest BCUT2D eigenvalue weighted by molar-refractivity contribution is -0.137. The van der Waals surface area contributed by atoms with E-state index in [1.807, 2.05) is 0 Å². The molecule has 0 aromatic heterocycles. The van der Waals surface area contributed by atoms with Gasteiger partial charge in [0.15, 0.2) is 0 Å². The summed E-state index contributed by atoms with van der Waals surface area (Å²) in [4.78, 5) is 14.1. The number of benzene rings is 1. The van der Waals surface area contributed by atoms with Crippen LogP contribution in [-0.4, -0.2) is 29.9 Å². The molecule has 120 valence electrons. The van der Waals surface area contributed by atoms with Crippen molar-refractivity contribution in [1.82, 2.24) is 4.90 Å². The maximum Gasteiger partial charge on any atom is 0.416 e. The third-order valence-electron chi connectivity index (χ3n) is 4.73. The van der Waals surface area contributed by atoms with E-state index in [0.29, 0.717) is 19.0 Å². The third kappa shape index (κ3) is 2.70. The Morgan fingerprint density at radius 3 is 2.59 bits per heavy atom. The van der Waals surface area contributed by atoms with E-state index in [1.165, 1.54) is 0 Å². The summed E-state index contributed by atoms with van der Waals surface area (Å²) in [6.45, 7) is 1.16. The molecule has 0 radical (unpaired) electrons. The normalized spacial score (nSPS) is 28.0. The van der Waals surface area contributed by atoms with Gasteiger partial charge in [-0.2, -0.15) is 13.2 Å². The number of likely N-dealkylation sites (tertiary alicyclic amines) is 1. The van der Waals surface area contributed by atoms with Crippen LogP contribution in [-0.2, 0) is 6.18 Å². The Bertz CT molecular complexity index is 605. The van der Waals surface area contributed by atoms with Crippen LogP contribution in [0.15, 0.2) is 18.2 Å². The highest BCUT2D eigenvalue weighted by atomic mass is 35.5. The number of carbonyl (C=O) groups excluding carboxylic acids is 1. The number of amides is 1. The summed E-state index contributed by atoms with van der Waals surface area (Å²) in [6, 6.07) is 2.95. The number of nitrogens with two attached hydrogens (primary N) is 1. The van der Waals surface area contributed by atoms with Crippen molar-refractivity contribution in [2.24, 2.45) is 17.6 Å². The second kappa shape index (κ2) is 5.42. The second-order valence-corrected chi connectivity index (χ2v) is 6.47. The van der Waals surface area contributed by atoms with Crippen molar-refractivity contribution in [1.29, 1.82) is 0 Å². The molecule has 1 aromatic rings. The molecule has 3 unspecified atom stereocenters. The molecule has 22 heavy (non-hydrogen) atoms. The molecule has 1 aromatic carbocycles. The Morgan fingerprint density at radius 2 is 2.00 bits per heavy atom. The summed E-state index contributed by atoms with van der Waals surface area (Å²) in [5.74, 6) is 0.365. The molecular formula is C15H16ClF3N2O. The minimum atomic E-state index is -4.47. The van der Waals surface area contributed by atoms with Crippen LogP contribution < -0.4 is 5.73 Å². The summed E-state index contributed by atoms with van der Waals surface area (Å²) < 4.78 is 37.9. The molecule has 1 aliphatic heterocycles. The summed E-state index contributed by atoms with van der Waals surface area (Å²) in [5, 5.41) is -0.166. The first-order valence-electron chi connectivity index (χ1n) is 7.19. The molecule has 2 N–H and O–H groups in total. The molecule has 2 fully saturated rings. The Kier molecular flexibility index (Phi) is 3.85. The quantitative estimate of drug-likeness (QED) is 0.858. The Balaban J connectivity index is 1.79. The van der Waals surface area contributed by atoms with Crippen molar-refractivity contribution in [3.8, 4) is 0 Å². The minimum Gasteiger partial charge on any atom is -0.338 e. The van der Waals surface area contributed by atoms with Gasteiger partial charge < -0.3 is 10.6 Å². The highest BCUT2D eigenvalue weighted by molar-refractivity contribution is 6.33. The van der Waals surface area contributed by atoms with E-state index in [2.05, 4.69) is 0 Å². The van der Waals surface area contributed by atoms with Gasteiger partial charge in [-0.25, -0.2) is 0 Å². The molecule has 1 aliphatic carbocycles. The van der Waals surface area contributed by atoms with E-state index in [0.717, 1.165) is 31.0 Å². The van der Waals surface area contributed by atoms with Gasteiger partial charge in [0.2, 0.25) is 0 Å². The highest BCUT2D eigenvalue weighted by Gasteiger charge is 2.43. The number of carbonyl (C=O) groups is 1. The third-order valence-corrected chi connectivity index (χ3v) is 5.04. The summed E-state index contributed by atoms with van der Waals surface area (Å²) in [6.07, 6.45) is -2.50. The zero-order valence-electron chi connectivity index (χ0n) is 11.7. The first kappa shape index (κ1) is 15.6. The zero-order valence-corrected chi connectivity index (χ0v) is 12.5. The molecular weight excluding hydrogens is 317 g/mol. The molecule has 2 aliphatic rings. The van der Waals surface area contributed by atoms with Gasteiger partial charge in [-0.05, 0) is 42.9 Å². The molecule has 3 atom stereocenters. The summed E-state index contributed by atoms with van der Waals surface area (Å²) >= 11 is 5.89. The van der Waals surface area contributed by atoms with Crippen LogP contribution in [0.5, 0.6) is 0 Å². The van der Waals surface area contributed by atoms with Crippen molar-refractivity contribution in [3.05, 3.63) is 34.3 Å². The van der Waals surface area contributed by atoms with Gasteiger partial charge in [-0.15, -0.1) is 0 Å². The molecule has 0 spiro atoms. The van der Waals surface area contributed by atoms with Crippen molar-refractivity contribution >= 4 is 17.5 Å². The molecule has 3 nitrogen and oxygen atoms in total. The van der Waals surface area contributed by atoms with E-state index in [-0.39, 0.29) is 28.5 Å². The highest BCUT2D eigenvalue weighted by Crippen LogP contribution is 2.38. The second-order valence-electron chi connectivity index (χ2n) is 6.07. The Morgan fingerprint density at radius 1 is 1.27 bits per heavy atom. The predicted octanol–water partition coefficient (Wildman–Crippen LogP) is 3.17. The van der Waals surface area contributed by atoms with Crippen molar-refractivity contribution in [3.63, 3.8) is 0 Å². The fraction of sp³-hybridized carbons (Fsp3) is 0.533. The Hall–Kier alpha value is -1.27. The SMILES string of the molecule is NC1CCC2CN(C(=O)c3ccc(C(F)(F)F)cc3Cl)CC12. The predicted molar refractivity (Wildman–Crippen MR) is 76.5 cm³/mol. The fourth-order valence-electron chi connectivity index (χ4n) is 3.51. The molecule has 1 amide bonds. The smallest absolute Gasteiger partial charge is 0.338 e. The molecule has 3 rings (SSSR count). The largest absolute Gasteiger partial charge is 0.416 e. The van der Waals surface area contributed by atoms with E-state index < -0.39 is 11.7 Å². The van der Waals surface area contributed by atoms with Gasteiger partial charge in [0, 0.05) is 19.1 Å². The number of hydrogen-bond acceptors (Lipinski definition) is 2. The number of fused-ring (bicyclic) bond motifs is 1. The number of hydrogen-bond donors (Lipinski definition) is 1. The zero-order chi connectivity index (χ0) is 16.1. The number of halogens is 4. The van der Waals surface area contributed by atoms with Crippen LogP contribution in [0, 0.1) is 11.8 Å². The number of alkyl halides is 3. The van der Waals surface area contributed by atoms with Crippen LogP contribution >= 0.6 is 11.6 Å². The molecule has 0 bridgehead atoms. The molecule has 1 heterocycles. The summed E-state index contributed by atoms with van der Waals surface area (Å²) in [7, 11) is 0. The molecule has 1 saturated heterocycles. The van der Waals surface area contributed by atoms with Crippen molar-refractivity contribution in [2.45, 2.75) is 25.1 Å². The minimum absolute atomic E-state index is 0.103. The van der Waals surface area contributed by atoms with E-state index in [1.54, 1.807) is 4.90 Å². The average molecular weight is 333 g/mol. The standard InChI is InChI=1S/C15H16ClF3N2O/c16-12-5-9(15(17,18)19)2-3-10(12)14(22)21-6-8-1-4-13(20)11(8)7-21/h2-3,5,8,11,13H,1,4,6-7,20H2. The van der Waals surface area contributed by atoms with Crippen LogP contribution in [0.2, 0.25) is 5.02 Å². The summed E-state index contributed by atoms with van der Waals surface area (Å²) in [5.41, 5.74) is 5.29. The van der Waals surface area contributed by atoms with Gasteiger partial charge in [0.25, 0.3) is 5.91 Å². The first-order chi connectivity index (χ1) is 10.3. The van der Waals surface area contributed by atoms with Crippen LogP contribution in [0.1, 0.15) is 28.8 Å². The lowest BCUT2D eigenvalue weighted by Crippen LogP contribution is -2.33. The molecule has 7 heteroatoms. The number of nitrogens with zero attached hydrogens (tertiary/aromatic N) is 1. The van der Waals surface area contributed by atoms with Gasteiger partial charge in [-0.1, -0.05) is 11.6 Å². The van der Waals surface area contributed by atoms with Gasteiger partial charge >= 0.3 is 6.18 Å². The Labute approximate surface area is 131 Å². The first-order valence-corrected chi connectivity index (χ1v) is 7.57. The van der Waals surface area contributed by atoms with Crippen LogP contribution in [0.4, 0.5) is 13.2 Å². The average Bonchev–Trinajstić information content (AvgIpc) is 3.00. The lowest BCUT2D eigenvalue weighted by atomic mass is 9.98. The van der Waals surface area contributed by atoms with Crippen molar-refractivity contribution in [2.75, 3.05) is 13.1 Å². The van der Waals surface area contributed by atoms with Gasteiger partial charge in [-0.3, -0.25) is 4.79 Å². The van der Waals surface area contributed by atoms with Crippen LogP contribution in [0.25, 0.3) is 0 Å². The van der Waals surface area contributed by atoms with E-state index >= 15 is 0 Å². The topological polar surface area (TPSA) is 46.3 Å². The van der Waals surface area contributed by atoms with Gasteiger partial charge in [0.05, 0.1) is 16.1 Å². The molecule has 1 saturated carbocycles. The maximum atomic E-state index is 12.6. The fourth-order valence-corrected chi connectivity index (χ4v) is 3.77. The van der Waals surface area contributed by atoms with Crippen molar-refractivity contribution < 1.29 is 18.0 Å². The number of rotatable bonds is 1. The van der Waals surface area contributed by atoms with E-state index in [4.69, 9.17) is 17.3 Å². The lowest BCUT2D eigenvalue weighted by Gasteiger charge is -2.20.